The molecule has 0 saturated heterocycles. The quantitative estimate of drug-likeness (QED) is 0.128. The number of para-hydroxylation sites is 5. The van der Waals surface area contributed by atoms with Gasteiger partial charge >= 0.3 is 0 Å². The van der Waals surface area contributed by atoms with Crippen molar-refractivity contribution >= 4 is 87.7 Å². The largest absolute Gasteiger partial charge is 0.310 e. The van der Waals surface area contributed by atoms with Gasteiger partial charge in [-0.05, 0) is 95.9 Å². The fourth-order valence-corrected chi connectivity index (χ4v) is 14.3. The van der Waals surface area contributed by atoms with E-state index in [1.54, 1.807) is 0 Å². The number of fused-ring (bicyclic) bond motifs is 6. The highest BCUT2D eigenvalue weighted by Gasteiger charge is 2.30. The van der Waals surface area contributed by atoms with Crippen LogP contribution in [0.4, 0.5) is 17.1 Å². The number of aliphatic imine (C=N–C) groups is 1. The van der Waals surface area contributed by atoms with Gasteiger partial charge in [-0.25, -0.2) is 0 Å². The molecular weight excluding hydrogens is 907 g/mol. The Morgan fingerprint density at radius 1 is 0.472 bits per heavy atom. The van der Waals surface area contributed by atoms with E-state index >= 15 is 0 Å². The smallest absolute Gasteiger partial charge is 0.0796 e. The SMILES string of the molecule is CC1CC(c2cc(N(c3cc(-c4ccc([Si](C)(C)C)cn4)cc(-n4c5ccccc5c5ccccc54)c3)c3ccccc3-c3ccccc3)cc(-n3c4ccccc4c4ccccc43)c2)=NC=C1[Si](C)(C)C. The molecule has 12 rings (SSSR count). The molecule has 1 aliphatic rings. The van der Waals surface area contributed by atoms with Gasteiger partial charge in [0.25, 0.3) is 0 Å². The first kappa shape index (κ1) is 45.3. The fraction of sp³-hybridized carbons (Fsp3) is 0.138. The van der Waals surface area contributed by atoms with Crippen molar-refractivity contribution in [2.45, 2.75) is 52.6 Å². The van der Waals surface area contributed by atoms with Crippen LogP contribution < -0.4 is 10.1 Å². The van der Waals surface area contributed by atoms with Gasteiger partial charge in [-0.2, -0.15) is 0 Å². The number of pyridine rings is 1. The zero-order valence-corrected chi connectivity index (χ0v) is 44.2. The van der Waals surface area contributed by atoms with Crippen molar-refractivity contribution in [3.8, 4) is 33.8 Å². The molecule has 0 bridgehead atoms. The Morgan fingerprint density at radius 3 is 1.46 bits per heavy atom. The Balaban J connectivity index is 1.19. The second-order valence-corrected chi connectivity index (χ2v) is 31.8. The van der Waals surface area contributed by atoms with Gasteiger partial charge in [-0.15, -0.1) is 0 Å². The lowest BCUT2D eigenvalue weighted by Crippen LogP contribution is -2.37. The van der Waals surface area contributed by atoms with E-state index in [4.69, 9.17) is 9.98 Å². The van der Waals surface area contributed by atoms with Crippen molar-refractivity contribution in [1.82, 2.24) is 14.1 Å². The first-order chi connectivity index (χ1) is 34.9. The van der Waals surface area contributed by atoms with Gasteiger partial charge in [0.1, 0.15) is 0 Å². The van der Waals surface area contributed by atoms with Gasteiger partial charge in [0.2, 0.25) is 0 Å². The number of hydrogen-bond acceptors (Lipinski definition) is 3. The lowest BCUT2D eigenvalue weighted by Gasteiger charge is -2.31. The standard InChI is InChI=1S/C65H59N5Si2/c1-44-35-59(67-43-65(44)72(5,6)7)47-38-49(41-51(39-47)70-63-31-19-14-26-56(63)57-27-15-20-32-64(57)70)68(60-28-16-11-23-53(60)45-21-9-8-10-22-45)48-36-46(58-34-33-52(42-66-58)71(2,3)4)37-50(40-48)69-61-29-17-12-24-54(61)55-25-13-18-30-62(55)69/h8-34,36-44H,35H2,1-7H3. The van der Waals surface area contributed by atoms with Crippen molar-refractivity contribution in [3.05, 3.63) is 223 Å². The Morgan fingerprint density at radius 2 is 0.958 bits per heavy atom. The molecule has 3 aromatic heterocycles. The fourth-order valence-electron chi connectivity index (χ4n) is 11.2. The topological polar surface area (TPSA) is 38.4 Å². The van der Waals surface area contributed by atoms with E-state index in [2.05, 4.69) is 273 Å². The Bertz CT molecular complexity index is 3830. The molecule has 11 aromatic rings. The van der Waals surface area contributed by atoms with Crippen molar-refractivity contribution in [2.24, 2.45) is 10.9 Å². The molecule has 0 amide bonds. The molecular formula is C65H59N5Si2. The molecule has 7 heteroatoms. The van der Waals surface area contributed by atoms with Crippen LogP contribution in [0.1, 0.15) is 18.9 Å². The van der Waals surface area contributed by atoms with Gasteiger partial charge < -0.3 is 14.0 Å². The highest BCUT2D eigenvalue weighted by Crippen LogP contribution is 2.46. The van der Waals surface area contributed by atoms with Crippen molar-refractivity contribution in [3.63, 3.8) is 0 Å². The lowest BCUT2D eigenvalue weighted by atomic mass is 9.95. The maximum absolute atomic E-state index is 5.39. The van der Waals surface area contributed by atoms with E-state index in [0.717, 1.165) is 79.6 Å². The molecule has 352 valence electrons. The number of hydrogen-bond donors (Lipinski definition) is 0. The second kappa shape index (κ2) is 17.8. The summed E-state index contributed by atoms with van der Waals surface area (Å²) in [6.07, 6.45) is 5.21. The molecule has 0 spiro atoms. The van der Waals surface area contributed by atoms with Crippen LogP contribution in [-0.4, -0.2) is 36.0 Å². The van der Waals surface area contributed by atoms with Crippen LogP contribution in [-0.2, 0) is 0 Å². The number of aromatic nitrogens is 3. The Kier molecular flexibility index (Phi) is 11.2. The lowest BCUT2D eigenvalue weighted by molar-refractivity contribution is 0.731. The van der Waals surface area contributed by atoms with Crippen LogP contribution in [0, 0.1) is 5.92 Å². The number of benzene rings is 8. The summed E-state index contributed by atoms with van der Waals surface area (Å²) in [5, 5.41) is 7.76. The van der Waals surface area contributed by atoms with E-state index in [-0.39, 0.29) is 0 Å². The predicted molar refractivity (Wildman–Crippen MR) is 313 cm³/mol. The maximum atomic E-state index is 5.39. The normalized spacial score (nSPS) is 14.3. The summed E-state index contributed by atoms with van der Waals surface area (Å²) in [5.41, 5.74) is 16.4. The van der Waals surface area contributed by atoms with E-state index in [1.807, 2.05) is 0 Å². The first-order valence-corrected chi connectivity index (χ1v) is 32.4. The maximum Gasteiger partial charge on any atom is 0.0796 e. The molecule has 1 aliphatic heterocycles. The van der Waals surface area contributed by atoms with Crippen LogP contribution in [0.3, 0.4) is 0 Å². The summed E-state index contributed by atoms with van der Waals surface area (Å²) >= 11 is 0. The minimum atomic E-state index is -1.62. The van der Waals surface area contributed by atoms with Crippen LogP contribution in [0.25, 0.3) is 77.4 Å². The summed E-state index contributed by atoms with van der Waals surface area (Å²) in [4.78, 5) is 13.2. The summed E-state index contributed by atoms with van der Waals surface area (Å²) < 4.78 is 4.90. The van der Waals surface area contributed by atoms with Crippen LogP contribution >= 0.6 is 0 Å². The van der Waals surface area contributed by atoms with Gasteiger partial charge in [0.05, 0.1) is 49.6 Å². The van der Waals surface area contributed by atoms with Crippen molar-refractivity contribution in [1.29, 1.82) is 0 Å². The average molecular weight is 966 g/mol. The monoisotopic (exact) mass is 965 g/mol. The predicted octanol–water partition coefficient (Wildman–Crippen LogP) is 17.2. The van der Waals surface area contributed by atoms with Gasteiger partial charge in [0.15, 0.2) is 0 Å². The molecule has 0 radical (unpaired) electrons. The van der Waals surface area contributed by atoms with E-state index in [9.17, 15) is 0 Å². The minimum absolute atomic E-state index is 0.393. The molecule has 0 N–H and O–H groups in total. The molecule has 0 saturated carbocycles. The number of rotatable bonds is 10. The third-order valence-corrected chi connectivity index (χ3v) is 19.1. The van der Waals surface area contributed by atoms with E-state index in [1.165, 1.54) is 43.0 Å². The summed E-state index contributed by atoms with van der Waals surface area (Å²) in [7, 11) is -3.21. The highest BCUT2D eigenvalue weighted by atomic mass is 28.3. The van der Waals surface area contributed by atoms with Gasteiger partial charge in [-0.1, -0.05) is 179 Å². The average Bonchev–Trinajstić information content (AvgIpc) is 3.92. The summed E-state index contributed by atoms with van der Waals surface area (Å²) in [6, 6.07) is 73.7. The van der Waals surface area contributed by atoms with Gasteiger partial charge in [-0.3, -0.25) is 9.98 Å². The zero-order valence-electron chi connectivity index (χ0n) is 42.2. The van der Waals surface area contributed by atoms with E-state index in [0.29, 0.717) is 5.92 Å². The molecule has 5 nitrogen and oxygen atoms in total. The molecule has 1 atom stereocenters. The highest BCUT2D eigenvalue weighted by molar-refractivity contribution is 6.88. The van der Waals surface area contributed by atoms with Crippen LogP contribution in [0.15, 0.2) is 223 Å². The number of nitrogens with zero attached hydrogens (tertiary/aromatic N) is 5. The molecule has 72 heavy (non-hydrogen) atoms. The van der Waals surface area contributed by atoms with Crippen molar-refractivity contribution < 1.29 is 0 Å². The zero-order chi connectivity index (χ0) is 49.3. The third kappa shape index (κ3) is 8.03. The van der Waals surface area contributed by atoms with Crippen LogP contribution in [0.5, 0.6) is 0 Å². The van der Waals surface area contributed by atoms with E-state index < -0.39 is 16.1 Å². The summed E-state index contributed by atoms with van der Waals surface area (Å²) in [6.45, 7) is 16.9. The third-order valence-electron chi connectivity index (χ3n) is 14.7. The van der Waals surface area contributed by atoms with Crippen LogP contribution in [0.2, 0.25) is 39.3 Å². The molecule has 4 heterocycles. The van der Waals surface area contributed by atoms with Gasteiger partial charge in [0, 0.05) is 79.1 Å². The molecule has 0 fully saturated rings. The number of allylic oxidation sites excluding steroid dienone is 1. The molecule has 0 aliphatic carbocycles. The van der Waals surface area contributed by atoms with Crippen molar-refractivity contribution in [2.75, 3.05) is 4.90 Å². The summed E-state index contributed by atoms with van der Waals surface area (Å²) in [5.74, 6) is 0.393. The number of anilines is 3. The second-order valence-electron chi connectivity index (χ2n) is 21.6. The first-order valence-electron chi connectivity index (χ1n) is 25.4. The minimum Gasteiger partial charge on any atom is -0.310 e. The molecule has 1 unspecified atom stereocenters. The Labute approximate surface area is 425 Å². The Hall–Kier alpha value is -7.85. The molecule has 8 aromatic carbocycles.